The molecule has 11 heteroatoms. The number of imidazole rings is 1. The minimum absolute atomic E-state index is 0.0453. The van der Waals surface area contributed by atoms with E-state index in [0.29, 0.717) is 46.9 Å². The van der Waals surface area contributed by atoms with E-state index in [9.17, 15) is 13.2 Å². The van der Waals surface area contributed by atoms with Crippen molar-refractivity contribution in [1.82, 2.24) is 24.2 Å². The number of H-pyrrole nitrogens is 1. The van der Waals surface area contributed by atoms with Gasteiger partial charge in [0.25, 0.3) is 0 Å². The highest BCUT2D eigenvalue weighted by molar-refractivity contribution is 7.99. The summed E-state index contributed by atoms with van der Waals surface area (Å²) >= 11 is 7.24. The molecule has 0 spiro atoms. The first-order valence-electron chi connectivity index (χ1n) is 10.4. The number of thioether (sulfide) groups is 1. The fraction of sp³-hybridized carbons (Fsp3) is 0.381. The zero-order valence-electron chi connectivity index (χ0n) is 17.3. The minimum Gasteiger partial charge on any atom is -0.339 e. The Hall–Kier alpha value is -2.14. The number of nitrogens with zero attached hydrogens (tertiary/aromatic N) is 4. The molecule has 1 aliphatic carbocycles. The fourth-order valence-electron chi connectivity index (χ4n) is 4.18. The number of pyridine rings is 1. The molecule has 1 fully saturated rings. The van der Waals surface area contributed by atoms with E-state index in [4.69, 9.17) is 11.6 Å². The largest absolute Gasteiger partial charge is 0.339 e. The van der Waals surface area contributed by atoms with Crippen molar-refractivity contribution >= 4 is 50.5 Å². The number of halogens is 1. The first-order chi connectivity index (χ1) is 15.4. The van der Waals surface area contributed by atoms with Crippen LogP contribution in [0.1, 0.15) is 17.5 Å². The third kappa shape index (κ3) is 4.24. The summed E-state index contributed by atoms with van der Waals surface area (Å²) in [6.07, 6.45) is 4.57. The SMILES string of the molecule is O=C(CSc1nc2ncc(Cl)cc2[nH]1)N1CCN(S(=O)(=O)c2ccc3c(c2)CCC3)CC1. The minimum atomic E-state index is -3.55. The summed E-state index contributed by atoms with van der Waals surface area (Å²) in [5.74, 6) is 0.168. The number of rotatable bonds is 5. The van der Waals surface area contributed by atoms with Crippen LogP contribution in [0.4, 0.5) is 0 Å². The lowest BCUT2D eigenvalue weighted by atomic mass is 10.1. The van der Waals surface area contributed by atoms with Crippen molar-refractivity contribution in [3.8, 4) is 0 Å². The maximum Gasteiger partial charge on any atom is 0.243 e. The molecule has 168 valence electrons. The lowest BCUT2D eigenvalue weighted by Crippen LogP contribution is -2.51. The topological polar surface area (TPSA) is 99.3 Å². The number of carbonyl (C=O) groups excluding carboxylic acids is 1. The van der Waals surface area contributed by atoms with Gasteiger partial charge in [0.2, 0.25) is 15.9 Å². The summed E-state index contributed by atoms with van der Waals surface area (Å²) in [6.45, 7) is 1.34. The number of aromatic nitrogens is 3. The standard InChI is InChI=1S/C21H22ClN5O3S2/c22-16-11-18-20(23-12-16)25-21(24-18)31-13-19(28)26-6-8-27(9-7-26)32(29,30)17-5-4-14-2-1-3-15(14)10-17/h4-5,10-12H,1-3,6-9,13H2,(H,23,24,25). The summed E-state index contributed by atoms with van der Waals surface area (Å²) in [6, 6.07) is 7.21. The molecule has 3 aromatic rings. The van der Waals surface area contributed by atoms with Crippen LogP contribution in [0.15, 0.2) is 40.5 Å². The van der Waals surface area contributed by atoms with Crippen LogP contribution >= 0.6 is 23.4 Å². The van der Waals surface area contributed by atoms with Crippen molar-refractivity contribution in [1.29, 1.82) is 0 Å². The number of sulfonamides is 1. The number of fused-ring (bicyclic) bond motifs is 2. The maximum atomic E-state index is 13.1. The Morgan fingerprint density at radius 1 is 1.12 bits per heavy atom. The van der Waals surface area contributed by atoms with Crippen LogP contribution in [-0.4, -0.2) is 70.4 Å². The molecule has 1 N–H and O–H groups in total. The average Bonchev–Trinajstić information content (AvgIpc) is 3.43. The van der Waals surface area contributed by atoms with E-state index < -0.39 is 10.0 Å². The van der Waals surface area contributed by atoms with Crippen LogP contribution in [0.25, 0.3) is 11.2 Å². The van der Waals surface area contributed by atoms with Crippen LogP contribution in [0, 0.1) is 0 Å². The molecule has 2 aliphatic rings. The quantitative estimate of drug-likeness (QED) is 0.551. The number of nitrogens with one attached hydrogen (secondary N) is 1. The summed E-state index contributed by atoms with van der Waals surface area (Å²) in [7, 11) is -3.55. The molecule has 32 heavy (non-hydrogen) atoms. The summed E-state index contributed by atoms with van der Waals surface area (Å²) in [5, 5.41) is 1.11. The fourth-order valence-corrected chi connectivity index (χ4v) is 6.58. The van der Waals surface area contributed by atoms with Crippen molar-refractivity contribution in [3.63, 3.8) is 0 Å². The monoisotopic (exact) mass is 491 g/mol. The molecule has 0 saturated carbocycles. The number of piperazine rings is 1. The average molecular weight is 492 g/mol. The molecule has 1 saturated heterocycles. The molecule has 0 atom stereocenters. The summed E-state index contributed by atoms with van der Waals surface area (Å²) in [5.41, 5.74) is 3.66. The lowest BCUT2D eigenvalue weighted by molar-refractivity contribution is -0.129. The highest BCUT2D eigenvalue weighted by atomic mass is 35.5. The van der Waals surface area contributed by atoms with Crippen molar-refractivity contribution < 1.29 is 13.2 Å². The van der Waals surface area contributed by atoms with Crippen molar-refractivity contribution in [2.75, 3.05) is 31.9 Å². The van der Waals surface area contributed by atoms with Crippen molar-refractivity contribution in [2.24, 2.45) is 0 Å². The molecule has 5 rings (SSSR count). The maximum absolute atomic E-state index is 13.1. The van der Waals surface area contributed by atoms with E-state index in [1.165, 1.54) is 27.8 Å². The number of carbonyl (C=O) groups is 1. The Morgan fingerprint density at radius 3 is 2.72 bits per heavy atom. The van der Waals surface area contributed by atoms with Gasteiger partial charge in [-0.15, -0.1) is 0 Å². The van der Waals surface area contributed by atoms with Crippen LogP contribution in [0.3, 0.4) is 0 Å². The second-order valence-electron chi connectivity index (χ2n) is 7.92. The van der Waals surface area contributed by atoms with Gasteiger partial charge in [-0.3, -0.25) is 4.79 Å². The molecule has 1 amide bonds. The molecular weight excluding hydrogens is 470 g/mol. The Morgan fingerprint density at radius 2 is 1.91 bits per heavy atom. The summed E-state index contributed by atoms with van der Waals surface area (Å²) < 4.78 is 27.6. The molecule has 0 unspecified atom stereocenters. The zero-order valence-corrected chi connectivity index (χ0v) is 19.6. The lowest BCUT2D eigenvalue weighted by Gasteiger charge is -2.34. The van der Waals surface area contributed by atoms with Gasteiger partial charge in [0.15, 0.2) is 10.8 Å². The highest BCUT2D eigenvalue weighted by Crippen LogP contribution is 2.27. The van der Waals surface area contributed by atoms with E-state index >= 15 is 0 Å². The Balaban J connectivity index is 1.18. The smallest absolute Gasteiger partial charge is 0.243 e. The van der Waals surface area contributed by atoms with Gasteiger partial charge in [-0.1, -0.05) is 29.4 Å². The third-order valence-electron chi connectivity index (χ3n) is 5.91. The first-order valence-corrected chi connectivity index (χ1v) is 13.2. The van der Waals surface area contributed by atoms with Gasteiger partial charge < -0.3 is 9.88 Å². The zero-order chi connectivity index (χ0) is 22.3. The Bertz CT molecular complexity index is 1290. The molecular formula is C21H22ClN5O3S2. The number of hydrogen-bond donors (Lipinski definition) is 1. The van der Waals surface area contributed by atoms with E-state index in [-0.39, 0.29) is 11.7 Å². The second kappa shape index (κ2) is 8.66. The number of benzene rings is 1. The van der Waals surface area contributed by atoms with Gasteiger partial charge in [0, 0.05) is 32.4 Å². The van der Waals surface area contributed by atoms with Gasteiger partial charge in [-0.05, 0) is 48.6 Å². The molecule has 8 nitrogen and oxygen atoms in total. The van der Waals surface area contributed by atoms with E-state index in [1.807, 2.05) is 12.1 Å². The Kier molecular flexibility index (Phi) is 5.87. The number of aryl methyl sites for hydroxylation is 2. The van der Waals surface area contributed by atoms with Crippen LogP contribution < -0.4 is 0 Å². The van der Waals surface area contributed by atoms with Crippen molar-refractivity contribution in [3.05, 3.63) is 46.6 Å². The van der Waals surface area contributed by atoms with Gasteiger partial charge in [-0.2, -0.15) is 4.31 Å². The predicted molar refractivity (Wildman–Crippen MR) is 123 cm³/mol. The highest BCUT2D eigenvalue weighted by Gasteiger charge is 2.31. The normalized spacial score (nSPS) is 17.1. The van der Waals surface area contributed by atoms with E-state index in [0.717, 1.165) is 30.3 Å². The van der Waals surface area contributed by atoms with Gasteiger partial charge in [0.1, 0.15) is 0 Å². The number of hydrogen-bond acceptors (Lipinski definition) is 6. The Labute approximate surface area is 195 Å². The molecule has 2 aromatic heterocycles. The van der Waals surface area contributed by atoms with E-state index in [2.05, 4.69) is 15.0 Å². The van der Waals surface area contributed by atoms with Crippen LogP contribution in [0.2, 0.25) is 5.02 Å². The van der Waals surface area contributed by atoms with Crippen molar-refractivity contribution in [2.45, 2.75) is 29.3 Å². The molecule has 1 aromatic carbocycles. The first kappa shape index (κ1) is 21.7. The molecule has 3 heterocycles. The molecule has 1 aliphatic heterocycles. The third-order valence-corrected chi connectivity index (χ3v) is 8.87. The van der Waals surface area contributed by atoms with Crippen LogP contribution in [-0.2, 0) is 27.7 Å². The number of amides is 1. The molecule has 0 radical (unpaired) electrons. The molecule has 0 bridgehead atoms. The predicted octanol–water partition coefficient (Wildman–Crippen LogP) is 2.73. The van der Waals surface area contributed by atoms with Gasteiger partial charge in [-0.25, -0.2) is 18.4 Å². The van der Waals surface area contributed by atoms with Gasteiger partial charge in [0.05, 0.1) is 21.2 Å². The van der Waals surface area contributed by atoms with Gasteiger partial charge >= 0.3 is 0 Å². The second-order valence-corrected chi connectivity index (χ2v) is 11.3. The summed E-state index contributed by atoms with van der Waals surface area (Å²) in [4.78, 5) is 26.3. The number of aromatic amines is 1. The van der Waals surface area contributed by atoms with Crippen LogP contribution in [0.5, 0.6) is 0 Å². The van der Waals surface area contributed by atoms with E-state index in [1.54, 1.807) is 17.0 Å².